The molecule has 0 aliphatic carbocycles. The fourth-order valence-corrected chi connectivity index (χ4v) is 4.39. The van der Waals surface area contributed by atoms with E-state index in [-0.39, 0.29) is 12.7 Å². The van der Waals surface area contributed by atoms with Crippen LogP contribution in [0.1, 0.15) is 12.5 Å². The van der Waals surface area contributed by atoms with Gasteiger partial charge in [0.15, 0.2) is 22.5 Å². The van der Waals surface area contributed by atoms with Crippen molar-refractivity contribution in [1.82, 2.24) is 19.7 Å². The number of nitrogens with zero attached hydrogens (tertiary/aromatic N) is 4. The van der Waals surface area contributed by atoms with Crippen molar-refractivity contribution in [3.05, 3.63) is 77.4 Å². The summed E-state index contributed by atoms with van der Waals surface area (Å²) in [5.41, 5.74) is 1.94. The predicted octanol–water partition coefficient (Wildman–Crippen LogP) is 4.89. The fourth-order valence-electron chi connectivity index (χ4n) is 3.43. The van der Waals surface area contributed by atoms with Crippen LogP contribution in [0.15, 0.2) is 72.0 Å². The van der Waals surface area contributed by atoms with E-state index >= 15 is 0 Å². The van der Waals surface area contributed by atoms with E-state index in [4.69, 9.17) is 21.1 Å². The number of aromatic nitrogens is 4. The number of benzene rings is 2. The lowest BCUT2D eigenvalue weighted by molar-refractivity contribution is -0.115. The van der Waals surface area contributed by atoms with E-state index in [1.54, 1.807) is 12.1 Å². The molecule has 4 aromatic rings. The molecule has 0 fully saturated rings. The molecule has 0 radical (unpaired) electrons. The molecule has 0 spiro atoms. The van der Waals surface area contributed by atoms with Crippen molar-refractivity contribution in [2.75, 3.05) is 12.1 Å². The molecule has 5 rings (SSSR count). The van der Waals surface area contributed by atoms with Gasteiger partial charge in [-0.1, -0.05) is 59.8 Å². The Kier molecular flexibility index (Phi) is 6.37. The van der Waals surface area contributed by atoms with Crippen LogP contribution in [0.4, 0.5) is 5.82 Å². The van der Waals surface area contributed by atoms with E-state index < -0.39 is 5.25 Å². The van der Waals surface area contributed by atoms with Crippen LogP contribution in [0.3, 0.4) is 0 Å². The number of carbonyl (C=O) groups excluding carboxylic acids is 1. The number of halogens is 1. The maximum Gasteiger partial charge on any atom is 0.238 e. The van der Waals surface area contributed by atoms with Crippen LogP contribution >= 0.6 is 23.4 Å². The van der Waals surface area contributed by atoms with Gasteiger partial charge in [-0.05, 0) is 36.8 Å². The zero-order valence-corrected chi connectivity index (χ0v) is 19.7. The molecule has 2 aromatic heterocycles. The molecule has 1 aliphatic heterocycles. The minimum atomic E-state index is -0.444. The van der Waals surface area contributed by atoms with Crippen LogP contribution in [0.5, 0.6) is 11.5 Å². The quantitative estimate of drug-likeness (QED) is 0.366. The van der Waals surface area contributed by atoms with Crippen LogP contribution in [0.25, 0.3) is 11.4 Å². The van der Waals surface area contributed by atoms with Crippen molar-refractivity contribution in [3.63, 3.8) is 0 Å². The van der Waals surface area contributed by atoms with Gasteiger partial charge >= 0.3 is 0 Å². The highest BCUT2D eigenvalue weighted by molar-refractivity contribution is 8.00. The Morgan fingerprint density at radius 3 is 2.74 bits per heavy atom. The molecule has 3 heterocycles. The van der Waals surface area contributed by atoms with Gasteiger partial charge in [0.2, 0.25) is 12.7 Å². The maximum atomic E-state index is 12.8. The highest BCUT2D eigenvalue weighted by Crippen LogP contribution is 2.34. The van der Waals surface area contributed by atoms with Crippen LogP contribution in [0.2, 0.25) is 5.02 Å². The lowest BCUT2D eigenvalue weighted by Crippen LogP contribution is -2.23. The lowest BCUT2D eigenvalue weighted by atomic mass is 10.2. The second-order valence-electron chi connectivity index (χ2n) is 7.56. The van der Waals surface area contributed by atoms with Gasteiger partial charge in [-0.25, -0.2) is 4.98 Å². The fraction of sp³-hybridized carbons (Fsp3) is 0.167. The van der Waals surface area contributed by atoms with Crippen molar-refractivity contribution in [1.29, 1.82) is 0 Å². The third-order valence-corrected chi connectivity index (χ3v) is 6.46. The van der Waals surface area contributed by atoms with Gasteiger partial charge in [-0.2, -0.15) is 0 Å². The Morgan fingerprint density at radius 2 is 1.94 bits per heavy atom. The molecule has 1 N–H and O–H groups in total. The second kappa shape index (κ2) is 9.74. The van der Waals surface area contributed by atoms with Gasteiger partial charge in [0.05, 0.1) is 16.8 Å². The monoisotopic (exact) mass is 493 g/mol. The lowest BCUT2D eigenvalue weighted by Gasteiger charge is -2.14. The van der Waals surface area contributed by atoms with Gasteiger partial charge in [-0.3, -0.25) is 9.36 Å². The summed E-state index contributed by atoms with van der Waals surface area (Å²) in [5, 5.41) is 12.3. The standard InChI is InChI=1S/C24H20ClN5O3S/c1-15(23(31)27-21-10-8-18(25)12-26-21)34-24-29-28-22(17-5-3-2-4-6-17)30(24)13-16-7-9-19-20(11-16)33-14-32-19/h2-12,15H,13-14H2,1H3,(H,26,27,31)/t15-/m1/s1. The average Bonchev–Trinajstić information content (AvgIpc) is 3.48. The molecule has 34 heavy (non-hydrogen) atoms. The molecule has 0 bridgehead atoms. The topological polar surface area (TPSA) is 91.2 Å². The van der Waals surface area contributed by atoms with Gasteiger partial charge in [-0.15, -0.1) is 10.2 Å². The first kappa shape index (κ1) is 22.2. The van der Waals surface area contributed by atoms with Crippen molar-refractivity contribution >= 4 is 35.1 Å². The zero-order chi connectivity index (χ0) is 23.5. The summed E-state index contributed by atoms with van der Waals surface area (Å²) < 4.78 is 13.0. The number of hydrogen-bond donors (Lipinski definition) is 1. The Bertz CT molecular complexity index is 1310. The normalized spacial score (nSPS) is 13.0. The first-order valence-electron chi connectivity index (χ1n) is 10.5. The highest BCUT2D eigenvalue weighted by Gasteiger charge is 2.22. The number of pyridine rings is 1. The Morgan fingerprint density at radius 1 is 1.12 bits per heavy atom. The smallest absolute Gasteiger partial charge is 0.238 e. The summed E-state index contributed by atoms with van der Waals surface area (Å²) in [6.07, 6.45) is 1.49. The first-order chi connectivity index (χ1) is 16.6. The number of thioether (sulfide) groups is 1. The molecule has 0 unspecified atom stereocenters. The van der Waals surface area contributed by atoms with E-state index in [0.29, 0.717) is 34.1 Å². The summed E-state index contributed by atoms with van der Waals surface area (Å²) in [7, 11) is 0. The maximum absolute atomic E-state index is 12.8. The summed E-state index contributed by atoms with van der Waals surface area (Å²) >= 11 is 7.20. The van der Waals surface area contributed by atoms with Crippen molar-refractivity contribution < 1.29 is 14.3 Å². The van der Waals surface area contributed by atoms with Crippen LogP contribution in [0, 0.1) is 0 Å². The van der Waals surface area contributed by atoms with Gasteiger partial charge in [0.25, 0.3) is 0 Å². The Labute approximate surface area is 205 Å². The Hall–Kier alpha value is -3.56. The number of anilines is 1. The molecule has 0 saturated heterocycles. The largest absolute Gasteiger partial charge is 0.454 e. The number of nitrogens with one attached hydrogen (secondary N) is 1. The summed E-state index contributed by atoms with van der Waals surface area (Å²) in [6, 6.07) is 19.0. The summed E-state index contributed by atoms with van der Waals surface area (Å²) in [6.45, 7) is 2.54. The molecule has 1 aliphatic rings. The molecule has 0 saturated carbocycles. The van der Waals surface area contributed by atoms with E-state index in [0.717, 1.165) is 16.9 Å². The second-order valence-corrected chi connectivity index (χ2v) is 9.30. The molecule has 10 heteroatoms. The molecule has 1 atom stereocenters. The molecule has 172 valence electrons. The molecule has 8 nitrogen and oxygen atoms in total. The molecule has 1 amide bonds. The number of hydrogen-bond acceptors (Lipinski definition) is 7. The SMILES string of the molecule is C[C@@H](Sc1nnc(-c2ccccc2)n1Cc1ccc2c(c1)OCO2)C(=O)Nc1ccc(Cl)cn1. The predicted molar refractivity (Wildman–Crippen MR) is 130 cm³/mol. The number of carbonyl (C=O) groups is 1. The Balaban J connectivity index is 1.40. The first-order valence-corrected chi connectivity index (χ1v) is 11.8. The van der Waals surface area contributed by atoms with Gasteiger partial charge in [0.1, 0.15) is 5.82 Å². The van der Waals surface area contributed by atoms with Crippen LogP contribution < -0.4 is 14.8 Å². The van der Waals surface area contributed by atoms with Crippen molar-refractivity contribution in [2.24, 2.45) is 0 Å². The molecule has 2 aromatic carbocycles. The number of amides is 1. The van der Waals surface area contributed by atoms with E-state index in [9.17, 15) is 4.79 Å². The third kappa shape index (κ3) is 4.85. The average molecular weight is 494 g/mol. The minimum absolute atomic E-state index is 0.196. The third-order valence-electron chi connectivity index (χ3n) is 5.16. The van der Waals surface area contributed by atoms with E-state index in [2.05, 4.69) is 20.5 Å². The van der Waals surface area contributed by atoms with Crippen LogP contribution in [-0.2, 0) is 11.3 Å². The summed E-state index contributed by atoms with van der Waals surface area (Å²) in [4.78, 5) is 16.9. The van der Waals surface area contributed by atoms with E-state index in [1.165, 1.54) is 18.0 Å². The number of rotatable bonds is 7. The zero-order valence-electron chi connectivity index (χ0n) is 18.1. The van der Waals surface area contributed by atoms with E-state index in [1.807, 2.05) is 60.0 Å². The number of fused-ring (bicyclic) bond motifs is 1. The van der Waals surface area contributed by atoms with Crippen molar-refractivity contribution in [2.45, 2.75) is 23.9 Å². The number of ether oxygens (including phenoxy) is 2. The molecular formula is C24H20ClN5O3S. The van der Waals surface area contributed by atoms with Crippen LogP contribution in [-0.4, -0.2) is 37.7 Å². The summed E-state index contributed by atoms with van der Waals surface area (Å²) in [5.74, 6) is 2.40. The van der Waals surface area contributed by atoms with Gasteiger partial charge < -0.3 is 14.8 Å². The highest BCUT2D eigenvalue weighted by atomic mass is 35.5. The minimum Gasteiger partial charge on any atom is -0.454 e. The molecular weight excluding hydrogens is 474 g/mol. The van der Waals surface area contributed by atoms with Gasteiger partial charge in [0, 0.05) is 11.8 Å². The van der Waals surface area contributed by atoms with Crippen molar-refractivity contribution in [3.8, 4) is 22.9 Å².